The van der Waals surface area contributed by atoms with Gasteiger partial charge in [0, 0.05) is 38.9 Å². The van der Waals surface area contributed by atoms with Crippen molar-refractivity contribution in [1.29, 1.82) is 0 Å². The highest BCUT2D eigenvalue weighted by Crippen LogP contribution is 2.13. The van der Waals surface area contributed by atoms with Crippen LogP contribution in [0, 0.1) is 5.82 Å². The molecule has 3 rings (SSSR count). The Balaban J connectivity index is 1.50. The molecule has 0 saturated carbocycles. The van der Waals surface area contributed by atoms with E-state index in [0.717, 1.165) is 25.8 Å². The van der Waals surface area contributed by atoms with E-state index in [1.165, 1.54) is 17.8 Å². The minimum atomic E-state index is -0.524. The van der Waals surface area contributed by atoms with Crippen LogP contribution >= 0.6 is 0 Å². The fourth-order valence-electron chi connectivity index (χ4n) is 2.62. The maximum Gasteiger partial charge on any atom is 0.322 e. The topological polar surface area (TPSA) is 48.5 Å². The number of carbonyl (C=O) groups is 1. The quantitative estimate of drug-likeness (QED) is 0.947. The van der Waals surface area contributed by atoms with Crippen LogP contribution in [-0.4, -0.2) is 47.0 Å². The third-order valence-electron chi connectivity index (χ3n) is 3.92. The molecule has 0 spiro atoms. The maximum absolute atomic E-state index is 13.5. The molecule has 23 heavy (non-hydrogen) atoms. The van der Waals surface area contributed by atoms with Gasteiger partial charge in [0.15, 0.2) is 5.82 Å². The molecular formula is C17H19FN4O. The van der Waals surface area contributed by atoms with Gasteiger partial charge in [-0.05, 0) is 11.6 Å². The molecule has 2 heterocycles. The second-order valence-corrected chi connectivity index (χ2v) is 5.53. The highest BCUT2D eigenvalue weighted by molar-refractivity contribution is 5.89. The van der Waals surface area contributed by atoms with Crippen LogP contribution in [-0.2, 0) is 6.54 Å². The molecule has 1 aliphatic heterocycles. The van der Waals surface area contributed by atoms with Gasteiger partial charge in [-0.15, -0.1) is 0 Å². The van der Waals surface area contributed by atoms with Gasteiger partial charge >= 0.3 is 6.03 Å². The van der Waals surface area contributed by atoms with Crippen LogP contribution in [0.15, 0.2) is 48.8 Å². The molecule has 0 bridgehead atoms. The monoisotopic (exact) mass is 314 g/mol. The van der Waals surface area contributed by atoms with Crippen LogP contribution in [0.5, 0.6) is 0 Å². The van der Waals surface area contributed by atoms with Crippen molar-refractivity contribution in [2.75, 3.05) is 31.5 Å². The molecule has 1 aromatic carbocycles. The summed E-state index contributed by atoms with van der Waals surface area (Å²) in [6.45, 7) is 3.76. The lowest BCUT2D eigenvalue weighted by molar-refractivity contribution is 0.143. The van der Waals surface area contributed by atoms with Gasteiger partial charge in [0.25, 0.3) is 0 Å². The number of pyridine rings is 1. The van der Waals surface area contributed by atoms with Crippen molar-refractivity contribution in [3.8, 4) is 0 Å². The fourth-order valence-corrected chi connectivity index (χ4v) is 2.62. The van der Waals surface area contributed by atoms with E-state index in [4.69, 9.17) is 0 Å². The summed E-state index contributed by atoms with van der Waals surface area (Å²) in [5.41, 5.74) is 1.43. The number of nitrogens with one attached hydrogen (secondary N) is 1. The van der Waals surface area contributed by atoms with Crippen molar-refractivity contribution in [2.24, 2.45) is 0 Å². The average molecular weight is 314 g/mol. The van der Waals surface area contributed by atoms with E-state index in [0.29, 0.717) is 13.1 Å². The first-order valence-corrected chi connectivity index (χ1v) is 7.64. The van der Waals surface area contributed by atoms with Gasteiger partial charge in [-0.2, -0.15) is 0 Å². The van der Waals surface area contributed by atoms with Crippen LogP contribution in [0.25, 0.3) is 0 Å². The zero-order valence-electron chi connectivity index (χ0n) is 12.8. The number of nitrogens with zero attached hydrogens (tertiary/aromatic N) is 3. The van der Waals surface area contributed by atoms with E-state index in [2.05, 4.69) is 27.3 Å². The molecule has 5 nitrogen and oxygen atoms in total. The SMILES string of the molecule is O=C(Nc1ccncc1F)N1CCN(Cc2ccccc2)CC1. The van der Waals surface area contributed by atoms with E-state index < -0.39 is 5.82 Å². The van der Waals surface area contributed by atoms with Crippen LogP contribution in [0.2, 0.25) is 0 Å². The highest BCUT2D eigenvalue weighted by Gasteiger charge is 2.21. The zero-order valence-corrected chi connectivity index (χ0v) is 12.8. The third-order valence-corrected chi connectivity index (χ3v) is 3.92. The predicted molar refractivity (Wildman–Crippen MR) is 86.5 cm³/mol. The first-order valence-electron chi connectivity index (χ1n) is 7.64. The highest BCUT2D eigenvalue weighted by atomic mass is 19.1. The first kappa shape index (κ1) is 15.4. The Hall–Kier alpha value is -2.47. The number of benzene rings is 1. The largest absolute Gasteiger partial charge is 0.322 e. The van der Waals surface area contributed by atoms with Crippen molar-refractivity contribution in [1.82, 2.24) is 14.8 Å². The van der Waals surface area contributed by atoms with Crippen molar-refractivity contribution < 1.29 is 9.18 Å². The number of hydrogen-bond donors (Lipinski definition) is 1. The maximum atomic E-state index is 13.5. The van der Waals surface area contributed by atoms with E-state index in [-0.39, 0.29) is 11.7 Å². The van der Waals surface area contributed by atoms with E-state index >= 15 is 0 Å². The Morgan fingerprint density at radius 2 is 1.87 bits per heavy atom. The summed E-state index contributed by atoms with van der Waals surface area (Å²) in [5.74, 6) is -0.524. The van der Waals surface area contributed by atoms with Crippen LogP contribution < -0.4 is 5.32 Å². The van der Waals surface area contributed by atoms with Gasteiger partial charge in [0.1, 0.15) is 0 Å². The lowest BCUT2D eigenvalue weighted by atomic mass is 10.2. The second-order valence-electron chi connectivity index (χ2n) is 5.53. The Labute approximate surface area is 134 Å². The number of carbonyl (C=O) groups excluding carboxylic acids is 1. The Morgan fingerprint density at radius 3 is 2.57 bits per heavy atom. The summed E-state index contributed by atoms with van der Waals surface area (Å²) in [6, 6.07) is 11.5. The van der Waals surface area contributed by atoms with Gasteiger partial charge in [0.05, 0.1) is 11.9 Å². The van der Waals surface area contributed by atoms with Gasteiger partial charge in [-0.3, -0.25) is 9.88 Å². The number of amides is 2. The summed E-state index contributed by atoms with van der Waals surface area (Å²) in [6.07, 6.45) is 2.55. The smallest absolute Gasteiger partial charge is 0.322 e. The van der Waals surface area contributed by atoms with Crippen LogP contribution in [0.4, 0.5) is 14.9 Å². The molecule has 0 aliphatic carbocycles. The van der Waals surface area contributed by atoms with Crippen LogP contribution in [0.1, 0.15) is 5.56 Å². The molecule has 0 atom stereocenters. The molecule has 1 saturated heterocycles. The lowest BCUT2D eigenvalue weighted by Crippen LogP contribution is -2.49. The molecule has 0 radical (unpaired) electrons. The van der Waals surface area contributed by atoms with Gasteiger partial charge in [0.2, 0.25) is 0 Å². The molecular weight excluding hydrogens is 295 g/mol. The molecule has 2 amide bonds. The third kappa shape index (κ3) is 4.04. The number of aromatic nitrogens is 1. The number of piperazine rings is 1. The van der Waals surface area contributed by atoms with Crippen molar-refractivity contribution >= 4 is 11.7 Å². The molecule has 1 fully saturated rings. The molecule has 2 aromatic rings. The standard InChI is InChI=1S/C17H19FN4O/c18-15-12-19-7-6-16(15)20-17(23)22-10-8-21(9-11-22)13-14-4-2-1-3-5-14/h1-7,12H,8-11,13H2,(H,19,20,23). The predicted octanol–water partition coefficient (Wildman–Crippen LogP) is 2.57. The normalized spacial score (nSPS) is 15.4. The van der Waals surface area contributed by atoms with E-state index in [1.54, 1.807) is 4.90 Å². The Morgan fingerprint density at radius 1 is 1.13 bits per heavy atom. The Bertz CT molecular complexity index is 657. The van der Waals surface area contributed by atoms with E-state index in [9.17, 15) is 9.18 Å². The number of rotatable bonds is 3. The summed E-state index contributed by atoms with van der Waals surface area (Å²) < 4.78 is 13.5. The van der Waals surface area contributed by atoms with Crippen molar-refractivity contribution in [2.45, 2.75) is 6.54 Å². The van der Waals surface area contributed by atoms with E-state index in [1.807, 2.05) is 18.2 Å². The molecule has 0 unspecified atom stereocenters. The zero-order chi connectivity index (χ0) is 16.1. The second kappa shape index (κ2) is 7.19. The average Bonchev–Trinajstić information content (AvgIpc) is 2.58. The number of hydrogen-bond acceptors (Lipinski definition) is 3. The van der Waals surface area contributed by atoms with Gasteiger partial charge in [-0.1, -0.05) is 30.3 Å². The molecule has 1 aliphatic rings. The fraction of sp³-hybridized carbons (Fsp3) is 0.294. The number of halogens is 1. The van der Waals surface area contributed by atoms with Gasteiger partial charge < -0.3 is 10.2 Å². The summed E-state index contributed by atoms with van der Waals surface area (Å²) in [5, 5.41) is 2.60. The summed E-state index contributed by atoms with van der Waals surface area (Å²) in [4.78, 5) is 19.9. The van der Waals surface area contributed by atoms with Crippen molar-refractivity contribution in [3.63, 3.8) is 0 Å². The minimum absolute atomic E-state index is 0.164. The first-order chi connectivity index (χ1) is 11.2. The van der Waals surface area contributed by atoms with Crippen molar-refractivity contribution in [3.05, 3.63) is 60.2 Å². The Kier molecular flexibility index (Phi) is 4.83. The van der Waals surface area contributed by atoms with Crippen LogP contribution in [0.3, 0.4) is 0 Å². The lowest BCUT2D eigenvalue weighted by Gasteiger charge is -2.34. The molecule has 1 aromatic heterocycles. The minimum Gasteiger partial charge on any atom is -0.322 e. The van der Waals surface area contributed by atoms with Gasteiger partial charge in [-0.25, -0.2) is 9.18 Å². The number of anilines is 1. The molecule has 6 heteroatoms. The summed E-state index contributed by atoms with van der Waals surface area (Å²) in [7, 11) is 0. The summed E-state index contributed by atoms with van der Waals surface area (Å²) >= 11 is 0. The molecule has 1 N–H and O–H groups in total. The molecule has 120 valence electrons. The number of urea groups is 1.